The van der Waals surface area contributed by atoms with Crippen LogP contribution in [0.1, 0.15) is 11.3 Å². The summed E-state index contributed by atoms with van der Waals surface area (Å²) < 4.78 is 1.08. The summed E-state index contributed by atoms with van der Waals surface area (Å²) in [4.78, 5) is 12.2. The Morgan fingerprint density at radius 2 is 2.46 bits per heavy atom. The predicted octanol–water partition coefficient (Wildman–Crippen LogP) is 2.70. The molecule has 1 aromatic rings. The van der Waals surface area contributed by atoms with Crippen molar-refractivity contribution in [2.45, 2.75) is 13.0 Å². The number of thiophene rings is 1. The van der Waals surface area contributed by atoms with Crippen LogP contribution in [0.25, 0.3) is 0 Å². The van der Waals surface area contributed by atoms with Crippen molar-refractivity contribution >= 4 is 33.2 Å². The molecule has 0 aliphatic carbocycles. The quantitative estimate of drug-likeness (QED) is 0.828. The zero-order chi connectivity index (χ0) is 9.68. The molecule has 2 nitrogen and oxygen atoms in total. The minimum Gasteiger partial charge on any atom is -0.351 e. The minimum atomic E-state index is 0.0134. The van der Waals surface area contributed by atoms with Gasteiger partial charge >= 0.3 is 0 Å². The number of carbonyl (C=O) groups is 1. The molecule has 1 aromatic heterocycles. The van der Waals surface area contributed by atoms with E-state index in [1.807, 2.05) is 12.1 Å². The van der Waals surface area contributed by atoms with Crippen LogP contribution in [0.2, 0.25) is 0 Å². The molecule has 0 bridgehead atoms. The summed E-state index contributed by atoms with van der Waals surface area (Å²) in [5, 5.41) is 2.79. The predicted molar refractivity (Wildman–Crippen MR) is 58.7 cm³/mol. The van der Waals surface area contributed by atoms with E-state index in [2.05, 4.69) is 27.8 Å². The van der Waals surface area contributed by atoms with Gasteiger partial charge in [0.25, 0.3) is 0 Å². The van der Waals surface area contributed by atoms with Crippen LogP contribution in [0.15, 0.2) is 28.6 Å². The molecule has 0 radical (unpaired) electrons. The Morgan fingerprint density at radius 3 is 3.00 bits per heavy atom. The molecule has 0 aliphatic heterocycles. The van der Waals surface area contributed by atoms with E-state index in [1.54, 1.807) is 17.4 Å². The van der Waals surface area contributed by atoms with Crippen molar-refractivity contribution in [3.8, 4) is 0 Å². The van der Waals surface area contributed by atoms with Gasteiger partial charge in [0.1, 0.15) is 0 Å². The maximum atomic E-state index is 11.0. The normalized spacial score (nSPS) is 9.62. The summed E-state index contributed by atoms with van der Waals surface area (Å²) >= 11 is 4.98. The van der Waals surface area contributed by atoms with Gasteiger partial charge in [0.2, 0.25) is 5.91 Å². The number of nitrogens with one attached hydrogen (secondary N) is 1. The van der Waals surface area contributed by atoms with E-state index in [9.17, 15) is 4.79 Å². The smallest absolute Gasteiger partial charge is 0.224 e. The SMILES string of the molecule is C=CCC(=O)NCc1ccc(Br)s1. The van der Waals surface area contributed by atoms with Crippen LogP contribution < -0.4 is 5.32 Å². The lowest BCUT2D eigenvalue weighted by atomic mass is 10.4. The van der Waals surface area contributed by atoms with Gasteiger partial charge in [0.15, 0.2) is 0 Å². The average molecular weight is 260 g/mol. The molecular weight excluding hydrogens is 250 g/mol. The molecule has 0 saturated carbocycles. The van der Waals surface area contributed by atoms with Crippen molar-refractivity contribution < 1.29 is 4.79 Å². The average Bonchev–Trinajstić information content (AvgIpc) is 2.49. The molecule has 0 atom stereocenters. The van der Waals surface area contributed by atoms with Crippen molar-refractivity contribution in [1.82, 2.24) is 5.32 Å². The molecule has 0 unspecified atom stereocenters. The molecule has 1 rings (SSSR count). The first-order valence-corrected chi connectivity index (χ1v) is 5.45. The van der Waals surface area contributed by atoms with Crippen LogP contribution in [-0.4, -0.2) is 5.91 Å². The van der Waals surface area contributed by atoms with Crippen LogP contribution in [0, 0.1) is 0 Å². The molecule has 4 heteroatoms. The van der Waals surface area contributed by atoms with Gasteiger partial charge in [0, 0.05) is 11.3 Å². The summed E-state index contributed by atoms with van der Waals surface area (Å²) in [5.41, 5.74) is 0. The number of carbonyl (C=O) groups excluding carboxylic acids is 1. The Balaban J connectivity index is 2.34. The summed E-state index contributed by atoms with van der Waals surface area (Å²) in [6.07, 6.45) is 1.98. The zero-order valence-electron chi connectivity index (χ0n) is 7.05. The lowest BCUT2D eigenvalue weighted by Crippen LogP contribution is -2.20. The van der Waals surface area contributed by atoms with E-state index in [0.29, 0.717) is 13.0 Å². The van der Waals surface area contributed by atoms with Crippen molar-refractivity contribution in [1.29, 1.82) is 0 Å². The summed E-state index contributed by atoms with van der Waals surface area (Å²) in [6.45, 7) is 4.09. The Kier molecular flexibility index (Phi) is 4.18. The van der Waals surface area contributed by atoms with Gasteiger partial charge in [-0.05, 0) is 28.1 Å². The van der Waals surface area contributed by atoms with Crippen molar-refractivity contribution in [3.63, 3.8) is 0 Å². The van der Waals surface area contributed by atoms with E-state index in [-0.39, 0.29) is 5.91 Å². The van der Waals surface area contributed by atoms with Crippen LogP contribution >= 0.6 is 27.3 Å². The molecule has 1 heterocycles. The number of halogens is 1. The Bertz CT molecular complexity index is 308. The van der Waals surface area contributed by atoms with Crippen molar-refractivity contribution in [3.05, 3.63) is 33.5 Å². The number of amides is 1. The lowest BCUT2D eigenvalue weighted by molar-refractivity contribution is -0.120. The largest absolute Gasteiger partial charge is 0.351 e. The highest BCUT2D eigenvalue weighted by atomic mass is 79.9. The summed E-state index contributed by atoms with van der Waals surface area (Å²) in [7, 11) is 0. The van der Waals surface area contributed by atoms with Crippen LogP contribution in [0.3, 0.4) is 0 Å². The van der Waals surface area contributed by atoms with E-state index in [0.717, 1.165) is 8.66 Å². The standard InChI is InChI=1S/C9H10BrNOS/c1-2-3-9(12)11-6-7-4-5-8(10)13-7/h2,4-5H,1,3,6H2,(H,11,12). The van der Waals surface area contributed by atoms with E-state index in [1.165, 1.54) is 0 Å². The van der Waals surface area contributed by atoms with Crippen LogP contribution in [0.4, 0.5) is 0 Å². The van der Waals surface area contributed by atoms with Gasteiger partial charge < -0.3 is 5.32 Å². The maximum absolute atomic E-state index is 11.0. The first-order chi connectivity index (χ1) is 6.22. The third-order valence-corrected chi connectivity index (χ3v) is 3.04. The van der Waals surface area contributed by atoms with Crippen molar-refractivity contribution in [2.24, 2.45) is 0 Å². The highest BCUT2D eigenvalue weighted by Crippen LogP contribution is 2.21. The molecule has 1 amide bonds. The summed E-state index contributed by atoms with van der Waals surface area (Å²) in [5.74, 6) is 0.0134. The molecule has 0 saturated heterocycles. The highest BCUT2D eigenvalue weighted by Gasteiger charge is 2.00. The van der Waals surface area contributed by atoms with Gasteiger partial charge in [-0.25, -0.2) is 0 Å². The van der Waals surface area contributed by atoms with Crippen molar-refractivity contribution in [2.75, 3.05) is 0 Å². The Labute approximate surface area is 89.8 Å². The molecule has 13 heavy (non-hydrogen) atoms. The van der Waals surface area contributed by atoms with Crippen LogP contribution in [-0.2, 0) is 11.3 Å². The van der Waals surface area contributed by atoms with Crippen LogP contribution in [0.5, 0.6) is 0 Å². The van der Waals surface area contributed by atoms with E-state index < -0.39 is 0 Å². The third-order valence-electron chi connectivity index (χ3n) is 1.42. The second-order valence-electron chi connectivity index (χ2n) is 2.48. The molecule has 0 spiro atoms. The molecule has 70 valence electrons. The molecule has 0 fully saturated rings. The lowest BCUT2D eigenvalue weighted by Gasteiger charge is -1.99. The van der Waals surface area contributed by atoms with Gasteiger partial charge in [-0.2, -0.15) is 0 Å². The topological polar surface area (TPSA) is 29.1 Å². The minimum absolute atomic E-state index is 0.0134. The molecule has 0 aromatic carbocycles. The Hall–Kier alpha value is -0.610. The maximum Gasteiger partial charge on any atom is 0.224 e. The first kappa shape index (κ1) is 10.5. The zero-order valence-corrected chi connectivity index (χ0v) is 9.45. The van der Waals surface area contributed by atoms with E-state index >= 15 is 0 Å². The Morgan fingerprint density at radius 1 is 1.69 bits per heavy atom. The summed E-state index contributed by atoms with van der Waals surface area (Å²) in [6, 6.07) is 3.96. The fourth-order valence-electron chi connectivity index (χ4n) is 0.836. The van der Waals surface area contributed by atoms with E-state index in [4.69, 9.17) is 0 Å². The number of hydrogen-bond acceptors (Lipinski definition) is 2. The molecule has 0 aliphatic rings. The van der Waals surface area contributed by atoms with Gasteiger partial charge in [-0.1, -0.05) is 6.08 Å². The highest BCUT2D eigenvalue weighted by molar-refractivity contribution is 9.11. The fourth-order valence-corrected chi connectivity index (χ4v) is 2.26. The van der Waals surface area contributed by atoms with Gasteiger partial charge in [-0.3, -0.25) is 4.79 Å². The second-order valence-corrected chi connectivity index (χ2v) is 5.02. The number of hydrogen-bond donors (Lipinski definition) is 1. The second kappa shape index (κ2) is 5.19. The molecular formula is C9H10BrNOS. The first-order valence-electron chi connectivity index (χ1n) is 3.84. The van der Waals surface area contributed by atoms with Gasteiger partial charge in [-0.15, -0.1) is 17.9 Å². The molecule has 1 N–H and O–H groups in total. The fraction of sp³-hybridized carbons (Fsp3) is 0.222. The third kappa shape index (κ3) is 3.74. The van der Waals surface area contributed by atoms with Gasteiger partial charge in [0.05, 0.1) is 10.3 Å². The monoisotopic (exact) mass is 259 g/mol. The number of rotatable bonds is 4.